The predicted molar refractivity (Wildman–Crippen MR) is 68.0 cm³/mol. The van der Waals surface area contributed by atoms with Gasteiger partial charge in [-0.2, -0.15) is 4.72 Å². The Bertz CT molecular complexity index is 611. The van der Waals surface area contributed by atoms with Crippen molar-refractivity contribution in [2.75, 3.05) is 0 Å². The SMILES string of the molecule is CCC(NS(=O)(=O)c1cc([N+](=O)[O-])c(Cl)s1)C(=O)O. The number of halogens is 1. The smallest absolute Gasteiger partial charge is 0.321 e. The average molecular weight is 329 g/mol. The molecule has 0 radical (unpaired) electrons. The highest BCUT2D eigenvalue weighted by Gasteiger charge is 2.29. The zero-order valence-corrected chi connectivity index (χ0v) is 11.9. The number of carboxylic acids is 1. The highest BCUT2D eigenvalue weighted by Crippen LogP contribution is 2.36. The predicted octanol–water partition coefficient (Wildman–Crippen LogP) is 1.45. The van der Waals surface area contributed by atoms with Crippen molar-refractivity contribution in [1.82, 2.24) is 4.72 Å². The summed E-state index contributed by atoms with van der Waals surface area (Å²) in [6, 6.07) is -0.505. The maximum Gasteiger partial charge on any atom is 0.321 e. The number of nitrogens with zero attached hydrogens (tertiary/aromatic N) is 1. The fourth-order valence-corrected chi connectivity index (χ4v) is 4.10. The molecule has 1 atom stereocenters. The summed E-state index contributed by atoms with van der Waals surface area (Å²) in [5, 5.41) is 19.3. The van der Waals surface area contributed by atoms with E-state index < -0.39 is 36.9 Å². The average Bonchev–Trinajstić information content (AvgIpc) is 2.68. The van der Waals surface area contributed by atoms with Crippen LogP contribution >= 0.6 is 22.9 Å². The first-order chi connectivity index (χ1) is 8.69. The van der Waals surface area contributed by atoms with E-state index in [4.69, 9.17) is 16.7 Å². The third-order valence-electron chi connectivity index (χ3n) is 2.11. The van der Waals surface area contributed by atoms with Crippen LogP contribution in [0.3, 0.4) is 0 Å². The molecule has 0 aromatic carbocycles. The second-order valence-corrected chi connectivity index (χ2v) is 7.00. The second kappa shape index (κ2) is 5.82. The molecule has 106 valence electrons. The minimum atomic E-state index is -4.15. The third-order valence-corrected chi connectivity index (χ3v) is 5.39. The van der Waals surface area contributed by atoms with Crippen molar-refractivity contribution >= 4 is 44.6 Å². The van der Waals surface area contributed by atoms with Gasteiger partial charge in [-0.25, -0.2) is 8.42 Å². The van der Waals surface area contributed by atoms with E-state index in [1.807, 2.05) is 4.72 Å². The molecule has 11 heteroatoms. The van der Waals surface area contributed by atoms with Crippen molar-refractivity contribution in [3.8, 4) is 0 Å². The summed E-state index contributed by atoms with van der Waals surface area (Å²) in [7, 11) is -4.15. The number of carboxylic acid groups (broad SMARTS) is 1. The molecule has 0 aliphatic heterocycles. The molecule has 0 spiro atoms. The third kappa shape index (κ3) is 3.62. The Morgan fingerprint density at radius 1 is 1.68 bits per heavy atom. The van der Waals surface area contributed by atoms with Crippen LogP contribution in [0.1, 0.15) is 13.3 Å². The molecule has 0 saturated heterocycles. The van der Waals surface area contributed by atoms with Crippen LogP contribution < -0.4 is 4.72 Å². The van der Waals surface area contributed by atoms with Gasteiger partial charge in [0.25, 0.3) is 15.7 Å². The summed E-state index contributed by atoms with van der Waals surface area (Å²) in [6.07, 6.45) is 0.0375. The number of hydrogen-bond acceptors (Lipinski definition) is 6. The molecule has 1 aromatic heterocycles. The normalized spacial score (nSPS) is 13.2. The molecule has 0 fully saturated rings. The molecular weight excluding hydrogens is 320 g/mol. The van der Waals surface area contributed by atoms with Crippen molar-refractivity contribution in [3.05, 3.63) is 20.5 Å². The zero-order valence-electron chi connectivity index (χ0n) is 9.49. The first kappa shape index (κ1) is 15.8. The lowest BCUT2D eigenvalue weighted by Crippen LogP contribution is -2.39. The first-order valence-electron chi connectivity index (χ1n) is 4.88. The highest BCUT2D eigenvalue weighted by atomic mass is 35.5. The van der Waals surface area contributed by atoms with Crippen LogP contribution in [0.5, 0.6) is 0 Å². The molecule has 0 amide bonds. The van der Waals surface area contributed by atoms with Gasteiger partial charge in [0, 0.05) is 6.07 Å². The molecule has 1 aromatic rings. The van der Waals surface area contributed by atoms with E-state index in [0.29, 0.717) is 11.3 Å². The summed E-state index contributed by atoms with van der Waals surface area (Å²) in [4.78, 5) is 20.5. The molecule has 1 heterocycles. The van der Waals surface area contributed by atoms with E-state index in [0.717, 1.165) is 6.07 Å². The Morgan fingerprint density at radius 3 is 2.63 bits per heavy atom. The van der Waals surface area contributed by atoms with Crippen LogP contribution in [0, 0.1) is 10.1 Å². The van der Waals surface area contributed by atoms with Crippen molar-refractivity contribution in [1.29, 1.82) is 0 Å². The van der Waals surface area contributed by atoms with E-state index in [1.165, 1.54) is 6.92 Å². The number of rotatable bonds is 6. The molecule has 0 aliphatic rings. The van der Waals surface area contributed by atoms with E-state index in [-0.39, 0.29) is 10.8 Å². The number of sulfonamides is 1. The Labute approximate surface area is 117 Å². The number of carbonyl (C=O) groups is 1. The molecule has 1 rings (SSSR count). The fourth-order valence-electron chi connectivity index (χ4n) is 1.15. The molecular formula is C8H9ClN2O6S2. The van der Waals surface area contributed by atoms with Gasteiger partial charge in [0.1, 0.15) is 10.3 Å². The number of thiophene rings is 1. The minimum absolute atomic E-state index is 0.0375. The van der Waals surface area contributed by atoms with Gasteiger partial charge in [-0.15, -0.1) is 11.3 Å². The van der Waals surface area contributed by atoms with Crippen LogP contribution in [0.4, 0.5) is 5.69 Å². The molecule has 0 aliphatic carbocycles. The zero-order chi connectivity index (χ0) is 14.8. The van der Waals surface area contributed by atoms with Gasteiger partial charge in [-0.3, -0.25) is 14.9 Å². The first-order valence-corrected chi connectivity index (χ1v) is 7.55. The molecule has 1 unspecified atom stereocenters. The van der Waals surface area contributed by atoms with Gasteiger partial charge >= 0.3 is 5.97 Å². The lowest BCUT2D eigenvalue weighted by atomic mass is 10.2. The molecule has 2 N–H and O–H groups in total. The van der Waals surface area contributed by atoms with Crippen LogP contribution in [0.15, 0.2) is 10.3 Å². The van der Waals surface area contributed by atoms with Crippen molar-refractivity contribution in [2.24, 2.45) is 0 Å². The van der Waals surface area contributed by atoms with Crippen LogP contribution in [-0.2, 0) is 14.8 Å². The van der Waals surface area contributed by atoms with Crippen molar-refractivity contribution in [2.45, 2.75) is 23.6 Å². The maximum absolute atomic E-state index is 11.8. The minimum Gasteiger partial charge on any atom is -0.480 e. The summed E-state index contributed by atoms with van der Waals surface area (Å²) >= 11 is 6.04. The summed E-state index contributed by atoms with van der Waals surface area (Å²) in [5.74, 6) is -1.33. The number of hydrogen-bond donors (Lipinski definition) is 2. The number of nitro groups is 1. The Morgan fingerprint density at radius 2 is 2.26 bits per heavy atom. The van der Waals surface area contributed by atoms with Crippen LogP contribution in [0.25, 0.3) is 0 Å². The van der Waals surface area contributed by atoms with Gasteiger partial charge in [0.15, 0.2) is 4.34 Å². The molecule has 0 saturated carbocycles. The largest absolute Gasteiger partial charge is 0.480 e. The molecule has 19 heavy (non-hydrogen) atoms. The lowest BCUT2D eigenvalue weighted by molar-refractivity contribution is -0.384. The van der Waals surface area contributed by atoms with E-state index in [9.17, 15) is 23.3 Å². The van der Waals surface area contributed by atoms with Gasteiger partial charge in [-0.05, 0) is 6.42 Å². The monoisotopic (exact) mass is 328 g/mol. The van der Waals surface area contributed by atoms with Crippen LogP contribution in [-0.4, -0.2) is 30.5 Å². The maximum atomic E-state index is 11.8. The standard InChI is InChI=1S/C8H9ClN2O6S2/c1-2-4(8(12)13)10-19(16,17)6-3-5(11(14)15)7(9)18-6/h3-4,10H,2H2,1H3,(H,12,13). The topological polar surface area (TPSA) is 127 Å². The van der Waals surface area contributed by atoms with Gasteiger partial charge in [0.2, 0.25) is 0 Å². The summed E-state index contributed by atoms with van der Waals surface area (Å²) < 4.78 is 25.0. The van der Waals surface area contributed by atoms with Gasteiger partial charge < -0.3 is 5.11 Å². The van der Waals surface area contributed by atoms with Crippen molar-refractivity contribution in [3.63, 3.8) is 0 Å². The summed E-state index contributed by atoms with van der Waals surface area (Å²) in [6.45, 7) is 1.49. The van der Waals surface area contributed by atoms with Gasteiger partial charge in [0.05, 0.1) is 4.92 Å². The Kier molecular flexibility index (Phi) is 4.85. The second-order valence-electron chi connectivity index (χ2n) is 3.40. The van der Waals surface area contributed by atoms with Crippen LogP contribution in [0.2, 0.25) is 4.34 Å². The van der Waals surface area contributed by atoms with E-state index in [2.05, 4.69) is 0 Å². The number of aliphatic carboxylic acids is 1. The lowest BCUT2D eigenvalue weighted by Gasteiger charge is -2.10. The highest BCUT2D eigenvalue weighted by molar-refractivity contribution is 7.91. The fraction of sp³-hybridized carbons (Fsp3) is 0.375. The number of nitrogens with one attached hydrogen (secondary N) is 1. The van der Waals surface area contributed by atoms with E-state index >= 15 is 0 Å². The Hall–Kier alpha value is -1.23. The molecule has 0 bridgehead atoms. The quantitative estimate of drug-likeness (QED) is 0.601. The van der Waals surface area contributed by atoms with E-state index in [1.54, 1.807) is 0 Å². The molecule has 8 nitrogen and oxygen atoms in total. The van der Waals surface area contributed by atoms with Crippen molar-refractivity contribution < 1.29 is 23.2 Å². The summed E-state index contributed by atoms with van der Waals surface area (Å²) in [5.41, 5.74) is -0.532. The Balaban J connectivity index is 3.10. The van der Waals surface area contributed by atoms with Gasteiger partial charge in [-0.1, -0.05) is 18.5 Å².